The molecule has 0 radical (unpaired) electrons. The number of phenolic OH excluding ortho intramolecular Hbond substituents is 1. The topological polar surface area (TPSA) is 214 Å². The number of hydrogen-bond acceptors (Lipinski definition) is 14. The molecule has 236 valence electrons. The van der Waals surface area contributed by atoms with Crippen LogP contribution in [-0.2, 0) is 14.2 Å². The molecule has 3 heterocycles. The minimum absolute atomic E-state index is 0.00286. The number of carbonyl (C=O) groups excluding carboxylic acids is 1. The highest BCUT2D eigenvalue weighted by Gasteiger charge is 2.50. The van der Waals surface area contributed by atoms with E-state index in [-0.39, 0.29) is 40.6 Å². The quantitative estimate of drug-likeness (QED) is 0.199. The first-order valence-corrected chi connectivity index (χ1v) is 13.7. The predicted molar refractivity (Wildman–Crippen MR) is 144 cm³/mol. The van der Waals surface area contributed by atoms with Crippen LogP contribution in [0.1, 0.15) is 39.6 Å². The summed E-state index contributed by atoms with van der Waals surface area (Å²) >= 11 is 0. The zero-order valence-corrected chi connectivity index (χ0v) is 23.7. The fourth-order valence-corrected chi connectivity index (χ4v) is 5.41. The largest absolute Gasteiger partial charge is 0.507 e. The van der Waals surface area contributed by atoms with Gasteiger partial charge in [-0.15, -0.1) is 0 Å². The number of hydrogen-bond donors (Lipinski definition) is 7. The number of ether oxygens (including phenoxy) is 6. The van der Waals surface area contributed by atoms with Crippen molar-refractivity contribution >= 4 is 5.78 Å². The highest BCUT2D eigenvalue weighted by Crippen LogP contribution is 2.48. The Morgan fingerprint density at radius 1 is 1.00 bits per heavy atom. The first-order chi connectivity index (χ1) is 20.4. The lowest BCUT2D eigenvalue weighted by Crippen LogP contribution is -2.60. The molecule has 0 saturated carbocycles. The molecular formula is C29H36O14. The Morgan fingerprint density at radius 2 is 1.70 bits per heavy atom. The van der Waals surface area contributed by atoms with Gasteiger partial charge in [0, 0.05) is 11.1 Å². The van der Waals surface area contributed by atoms with Crippen LogP contribution in [0.2, 0.25) is 0 Å². The number of aromatic hydroxyl groups is 1. The average Bonchev–Trinajstić information content (AvgIpc) is 3.30. The third-order valence-electron chi connectivity index (χ3n) is 8.15. The number of aliphatic hydroxyl groups excluding tert-OH is 5. The van der Waals surface area contributed by atoms with Crippen molar-refractivity contribution in [3.05, 3.63) is 46.5 Å². The second-order valence-corrected chi connectivity index (χ2v) is 11.0. The van der Waals surface area contributed by atoms with Gasteiger partial charge in [-0.05, 0) is 31.5 Å². The van der Waals surface area contributed by atoms with Gasteiger partial charge >= 0.3 is 0 Å². The van der Waals surface area contributed by atoms with E-state index in [1.807, 2.05) is 0 Å². The number of carbonyl (C=O) groups is 1. The molecule has 7 N–H and O–H groups in total. The molecule has 2 aromatic rings. The van der Waals surface area contributed by atoms with E-state index in [0.29, 0.717) is 16.9 Å². The molecule has 0 aromatic heterocycles. The summed E-state index contributed by atoms with van der Waals surface area (Å²) in [6.45, 7) is 1.46. The van der Waals surface area contributed by atoms with Crippen molar-refractivity contribution in [2.45, 2.75) is 75.1 Å². The van der Waals surface area contributed by atoms with Crippen molar-refractivity contribution in [2.75, 3.05) is 26.9 Å². The van der Waals surface area contributed by atoms with E-state index in [4.69, 9.17) is 28.4 Å². The summed E-state index contributed by atoms with van der Waals surface area (Å²) in [5, 5.41) is 72.4. The van der Waals surface area contributed by atoms with Crippen molar-refractivity contribution in [2.24, 2.45) is 0 Å². The van der Waals surface area contributed by atoms with Crippen LogP contribution >= 0.6 is 0 Å². The van der Waals surface area contributed by atoms with Gasteiger partial charge in [0.25, 0.3) is 0 Å². The summed E-state index contributed by atoms with van der Waals surface area (Å²) in [5.41, 5.74) is -0.742. The third-order valence-corrected chi connectivity index (χ3v) is 8.15. The molecule has 14 heteroatoms. The number of Topliss-reactive ketones (excluding diaryl/α,β-unsaturated/α-hetero) is 1. The number of ketones is 1. The van der Waals surface area contributed by atoms with Crippen LogP contribution in [0.15, 0.2) is 24.3 Å². The van der Waals surface area contributed by atoms with E-state index >= 15 is 0 Å². The van der Waals surface area contributed by atoms with Crippen molar-refractivity contribution in [1.29, 1.82) is 0 Å². The number of methoxy groups -OCH3 is 1. The second-order valence-electron chi connectivity index (χ2n) is 11.0. The predicted octanol–water partition coefficient (Wildman–Crippen LogP) is -0.632. The van der Waals surface area contributed by atoms with Gasteiger partial charge in [-0.25, -0.2) is 0 Å². The molecule has 0 spiro atoms. The number of phenols is 1. The SMILES string of the molecule is COc1ccc([C@@H]2CC(=O)c3c(O)c(C)c(O[C@@H]4O[C@H](CO[C@@H]5OC[C@](O)(CO)[C@H]5O)[C@@H](O)[C@H](O)[C@H]4O)c(C)c3O2)cc1. The standard InChI is InChI=1S/C29H36O14/c1-12-20(32)19-16(31)8-17(14-4-6-15(38-3)7-5-14)41-25(19)13(2)24(12)43-27-23(35)22(34)21(33)18(42-27)9-39-28-26(36)29(37,10-30)11-40-28/h4-7,17-18,21-23,26-28,30,32-37H,8-11H2,1-3H3/t17-,18+,21+,22-,23+,26-,27-,28+,29+/m0/s1. The van der Waals surface area contributed by atoms with Crippen molar-refractivity contribution in [3.8, 4) is 23.0 Å². The summed E-state index contributed by atoms with van der Waals surface area (Å²) in [7, 11) is 1.54. The van der Waals surface area contributed by atoms with Gasteiger partial charge in [0.15, 0.2) is 12.1 Å². The molecule has 14 nitrogen and oxygen atoms in total. The zero-order valence-electron chi connectivity index (χ0n) is 23.7. The molecular weight excluding hydrogens is 572 g/mol. The van der Waals surface area contributed by atoms with Crippen LogP contribution in [0.25, 0.3) is 0 Å². The van der Waals surface area contributed by atoms with E-state index in [0.717, 1.165) is 0 Å². The molecule has 2 aromatic carbocycles. The summed E-state index contributed by atoms with van der Waals surface area (Å²) in [6.07, 6.45) is -11.7. The fourth-order valence-electron chi connectivity index (χ4n) is 5.41. The Labute approximate surface area is 246 Å². The van der Waals surface area contributed by atoms with Gasteiger partial charge in [-0.1, -0.05) is 12.1 Å². The molecule has 0 bridgehead atoms. The second kappa shape index (κ2) is 12.1. The van der Waals surface area contributed by atoms with Crippen LogP contribution in [0.5, 0.6) is 23.0 Å². The highest BCUT2D eigenvalue weighted by atomic mass is 16.7. The van der Waals surface area contributed by atoms with Gasteiger partial charge in [0.05, 0.1) is 33.4 Å². The molecule has 3 aliphatic heterocycles. The number of aliphatic hydroxyl groups is 6. The Hall–Kier alpha value is -3.05. The summed E-state index contributed by atoms with van der Waals surface area (Å²) in [6, 6.07) is 7.01. The Kier molecular flexibility index (Phi) is 8.87. The summed E-state index contributed by atoms with van der Waals surface area (Å²) in [5.74, 6) is 0.0285. The third kappa shape index (κ3) is 5.66. The van der Waals surface area contributed by atoms with Gasteiger partial charge in [-0.3, -0.25) is 4.79 Å². The van der Waals surface area contributed by atoms with Gasteiger partial charge in [0.1, 0.15) is 70.8 Å². The summed E-state index contributed by atoms with van der Waals surface area (Å²) in [4.78, 5) is 13.2. The average molecular weight is 609 g/mol. The molecule has 9 atom stereocenters. The maximum atomic E-state index is 13.2. The molecule has 2 saturated heterocycles. The lowest BCUT2D eigenvalue weighted by molar-refractivity contribution is -0.289. The smallest absolute Gasteiger partial charge is 0.229 e. The number of rotatable bonds is 8. The van der Waals surface area contributed by atoms with Crippen LogP contribution in [0.4, 0.5) is 0 Å². The Morgan fingerprint density at radius 3 is 2.33 bits per heavy atom. The molecule has 0 aliphatic carbocycles. The minimum atomic E-state index is -1.93. The molecule has 0 unspecified atom stereocenters. The Bertz CT molecular complexity index is 1330. The summed E-state index contributed by atoms with van der Waals surface area (Å²) < 4.78 is 33.7. The molecule has 3 aliphatic rings. The van der Waals surface area contributed by atoms with Gasteiger partial charge in [0.2, 0.25) is 6.29 Å². The van der Waals surface area contributed by atoms with E-state index in [2.05, 4.69) is 0 Å². The van der Waals surface area contributed by atoms with Crippen molar-refractivity contribution < 1.29 is 69.0 Å². The molecule has 2 fully saturated rings. The van der Waals surface area contributed by atoms with Crippen LogP contribution in [-0.4, -0.2) is 117 Å². The number of benzene rings is 2. The van der Waals surface area contributed by atoms with E-state index in [9.17, 15) is 40.5 Å². The molecule has 0 amide bonds. The monoisotopic (exact) mass is 608 g/mol. The minimum Gasteiger partial charge on any atom is -0.507 e. The maximum Gasteiger partial charge on any atom is 0.229 e. The molecule has 43 heavy (non-hydrogen) atoms. The van der Waals surface area contributed by atoms with E-state index in [1.54, 1.807) is 31.2 Å². The van der Waals surface area contributed by atoms with Gasteiger partial charge < -0.3 is 64.2 Å². The van der Waals surface area contributed by atoms with Gasteiger partial charge in [-0.2, -0.15) is 0 Å². The number of fused-ring (bicyclic) bond motifs is 1. The maximum absolute atomic E-state index is 13.2. The van der Waals surface area contributed by atoms with Crippen molar-refractivity contribution in [3.63, 3.8) is 0 Å². The van der Waals surface area contributed by atoms with Crippen molar-refractivity contribution in [1.82, 2.24) is 0 Å². The van der Waals surface area contributed by atoms with E-state index < -0.39 is 74.6 Å². The zero-order chi connectivity index (χ0) is 31.2. The first-order valence-electron chi connectivity index (χ1n) is 13.7. The fraction of sp³-hybridized carbons (Fsp3) is 0.552. The first kappa shape index (κ1) is 31.4. The van der Waals surface area contributed by atoms with E-state index in [1.165, 1.54) is 14.0 Å². The molecule has 5 rings (SSSR count). The Balaban J connectivity index is 1.37. The van der Waals surface area contributed by atoms with Crippen LogP contribution in [0, 0.1) is 13.8 Å². The van der Waals surface area contributed by atoms with Crippen LogP contribution in [0.3, 0.4) is 0 Å². The van der Waals surface area contributed by atoms with Crippen LogP contribution < -0.4 is 14.2 Å². The normalized spacial score (nSPS) is 34.0. The lowest BCUT2D eigenvalue weighted by Gasteiger charge is -2.41. The lowest BCUT2D eigenvalue weighted by atomic mass is 9.91. The highest BCUT2D eigenvalue weighted by molar-refractivity contribution is 6.03.